The molecule has 3 heterocycles. The van der Waals surface area contributed by atoms with Crippen LogP contribution in [0.5, 0.6) is 0 Å². The summed E-state index contributed by atoms with van der Waals surface area (Å²) in [5, 5.41) is 18.3. The van der Waals surface area contributed by atoms with E-state index in [2.05, 4.69) is 30.4 Å². The van der Waals surface area contributed by atoms with Gasteiger partial charge in [0.15, 0.2) is 11.4 Å². The Kier molecular flexibility index (Phi) is 5.84. The number of carbonyl (C=O) groups excluding carboxylic acids is 2. The Morgan fingerprint density at radius 1 is 1.04 bits per heavy atom. The van der Waals surface area contributed by atoms with Crippen molar-refractivity contribution in [1.82, 2.24) is 30.4 Å². The lowest BCUT2D eigenvalue weighted by atomic mass is 10.2. The van der Waals surface area contributed by atoms with Crippen molar-refractivity contribution in [1.29, 1.82) is 0 Å². The highest BCUT2D eigenvalue weighted by atomic mass is 32.1. The maximum absolute atomic E-state index is 12.3. The fourth-order valence-corrected chi connectivity index (χ4v) is 4.15. The van der Waals surface area contributed by atoms with E-state index in [0.29, 0.717) is 29.4 Å². The highest BCUT2D eigenvalue weighted by Gasteiger charge is 2.21. The topological polar surface area (TPSA) is 110 Å². The van der Waals surface area contributed by atoms with Crippen molar-refractivity contribution >= 4 is 44.8 Å². The Morgan fingerprint density at radius 2 is 1.73 bits per heavy atom. The van der Waals surface area contributed by atoms with Gasteiger partial charge >= 0.3 is 0 Å². The lowest BCUT2D eigenvalue weighted by Gasteiger charge is -2.02. The number of hydrogen-bond donors (Lipinski definition) is 2. The predicted octanol–water partition coefficient (Wildman–Crippen LogP) is 2.49. The van der Waals surface area contributed by atoms with Gasteiger partial charge in [-0.1, -0.05) is 18.3 Å². The molecule has 0 bridgehead atoms. The van der Waals surface area contributed by atoms with Crippen molar-refractivity contribution in [2.75, 3.05) is 13.1 Å². The van der Waals surface area contributed by atoms with Crippen LogP contribution in [-0.2, 0) is 0 Å². The lowest BCUT2D eigenvalue weighted by Crippen LogP contribution is -2.25. The van der Waals surface area contributed by atoms with Crippen molar-refractivity contribution in [3.8, 4) is 9.75 Å². The van der Waals surface area contributed by atoms with Crippen molar-refractivity contribution < 1.29 is 9.59 Å². The van der Waals surface area contributed by atoms with E-state index in [9.17, 15) is 9.59 Å². The van der Waals surface area contributed by atoms with Crippen LogP contribution in [0.25, 0.3) is 19.8 Å². The number of hydrogen-bond acceptors (Lipinski definition) is 8. The van der Waals surface area contributed by atoms with Gasteiger partial charge in [-0.3, -0.25) is 9.59 Å². The second-order valence-electron chi connectivity index (χ2n) is 5.55. The first kappa shape index (κ1) is 18.3. The number of fused-ring (bicyclic) bond motifs is 1. The molecule has 0 aliphatic rings. The van der Waals surface area contributed by atoms with E-state index < -0.39 is 0 Å². The summed E-state index contributed by atoms with van der Waals surface area (Å²) >= 11 is 2.54. The molecule has 10 heteroatoms. The smallest absolute Gasteiger partial charge is 0.273 e. The fraction of sp³-hybridized carbons (Fsp3) is 0.375. The molecule has 0 aliphatic carbocycles. The Morgan fingerprint density at radius 3 is 2.42 bits per heavy atom. The fourth-order valence-electron chi connectivity index (χ4n) is 2.29. The number of amides is 2. The molecule has 136 valence electrons. The zero-order chi connectivity index (χ0) is 18.5. The molecule has 26 heavy (non-hydrogen) atoms. The first-order valence-electron chi connectivity index (χ1n) is 8.30. The van der Waals surface area contributed by atoms with Crippen LogP contribution in [0, 0.1) is 0 Å². The highest BCUT2D eigenvalue weighted by molar-refractivity contribution is 7.25. The second kappa shape index (κ2) is 8.28. The Balaban J connectivity index is 1.97. The van der Waals surface area contributed by atoms with Gasteiger partial charge in [-0.25, -0.2) is 0 Å². The van der Waals surface area contributed by atoms with Gasteiger partial charge in [0.1, 0.15) is 0 Å². The standard InChI is InChI=1S/C16H18N6O2S2/c1-3-5-17-15(23)11-13-9(8-19-20-11)7-10(25-13)14-12(21-22-26-14)16(24)18-6-4-2/h7-8H,3-6H2,1-2H3,(H,17,23)(H,18,24). The molecule has 0 atom stereocenters. The third kappa shape index (κ3) is 3.70. The Bertz CT molecular complexity index is 936. The van der Waals surface area contributed by atoms with Gasteiger partial charge in [0.2, 0.25) is 0 Å². The highest BCUT2D eigenvalue weighted by Crippen LogP contribution is 2.37. The molecule has 3 aromatic rings. The van der Waals surface area contributed by atoms with Gasteiger partial charge in [0.05, 0.1) is 15.8 Å². The van der Waals surface area contributed by atoms with E-state index in [1.165, 1.54) is 11.3 Å². The molecular formula is C16H18N6O2S2. The lowest BCUT2D eigenvalue weighted by molar-refractivity contribution is 0.0941. The largest absolute Gasteiger partial charge is 0.351 e. The van der Waals surface area contributed by atoms with Crippen molar-refractivity contribution in [3.63, 3.8) is 0 Å². The first-order valence-corrected chi connectivity index (χ1v) is 9.89. The van der Waals surface area contributed by atoms with Crippen LogP contribution in [-0.4, -0.2) is 44.7 Å². The van der Waals surface area contributed by atoms with E-state index in [-0.39, 0.29) is 11.8 Å². The summed E-state index contributed by atoms with van der Waals surface area (Å²) in [6.07, 6.45) is 3.29. The van der Waals surface area contributed by atoms with Crippen molar-refractivity contribution in [2.24, 2.45) is 0 Å². The van der Waals surface area contributed by atoms with Crippen LogP contribution in [0.3, 0.4) is 0 Å². The number of aromatic nitrogens is 4. The molecular weight excluding hydrogens is 372 g/mol. The average molecular weight is 390 g/mol. The summed E-state index contributed by atoms with van der Waals surface area (Å²) < 4.78 is 4.66. The molecule has 0 fully saturated rings. The zero-order valence-corrected chi connectivity index (χ0v) is 16.0. The number of thiophene rings is 1. The van der Waals surface area contributed by atoms with Crippen molar-refractivity contribution in [3.05, 3.63) is 23.7 Å². The summed E-state index contributed by atoms with van der Waals surface area (Å²) in [5.74, 6) is -0.494. The predicted molar refractivity (Wildman–Crippen MR) is 102 cm³/mol. The van der Waals surface area contributed by atoms with Crippen molar-refractivity contribution in [2.45, 2.75) is 26.7 Å². The summed E-state index contributed by atoms with van der Waals surface area (Å²) in [7, 11) is 0. The molecule has 0 saturated heterocycles. The first-order chi connectivity index (χ1) is 12.7. The van der Waals surface area contributed by atoms with Gasteiger partial charge < -0.3 is 10.6 Å². The van der Waals surface area contributed by atoms with Gasteiger partial charge in [-0.15, -0.1) is 21.5 Å². The van der Waals surface area contributed by atoms with Gasteiger partial charge in [-0.2, -0.15) is 5.10 Å². The molecule has 8 nitrogen and oxygen atoms in total. The molecule has 3 rings (SSSR count). The normalized spacial score (nSPS) is 10.8. The van der Waals surface area contributed by atoms with E-state index in [1.54, 1.807) is 6.20 Å². The minimum atomic E-state index is -0.248. The maximum atomic E-state index is 12.3. The quantitative estimate of drug-likeness (QED) is 0.641. The average Bonchev–Trinajstić information content (AvgIpc) is 3.29. The van der Waals surface area contributed by atoms with Crippen LogP contribution < -0.4 is 10.6 Å². The SMILES string of the molecule is CCCNC(=O)c1nnsc1-c1cc2cnnc(C(=O)NCCC)c2s1. The third-order valence-corrected chi connectivity index (χ3v) is 5.61. The van der Waals surface area contributed by atoms with Crippen LogP contribution in [0.2, 0.25) is 0 Å². The minimum Gasteiger partial charge on any atom is -0.351 e. The summed E-state index contributed by atoms with van der Waals surface area (Å²) in [6, 6.07) is 1.89. The van der Waals surface area contributed by atoms with Gasteiger partial charge in [0, 0.05) is 23.4 Å². The Labute approximate surface area is 158 Å². The van der Waals surface area contributed by atoms with E-state index >= 15 is 0 Å². The molecule has 2 amide bonds. The number of carbonyl (C=O) groups is 2. The third-order valence-electron chi connectivity index (χ3n) is 3.54. The summed E-state index contributed by atoms with van der Waals surface area (Å²) in [5.41, 5.74) is 0.592. The molecule has 3 aromatic heterocycles. The van der Waals surface area contributed by atoms with E-state index in [4.69, 9.17) is 0 Å². The van der Waals surface area contributed by atoms with Crippen LogP contribution >= 0.6 is 22.9 Å². The van der Waals surface area contributed by atoms with Gasteiger partial charge in [-0.05, 0) is 30.4 Å². The van der Waals surface area contributed by atoms with Crippen LogP contribution in [0.1, 0.15) is 47.7 Å². The van der Waals surface area contributed by atoms with Crippen LogP contribution in [0.4, 0.5) is 0 Å². The summed E-state index contributed by atoms with van der Waals surface area (Å²) in [6.45, 7) is 5.13. The molecule has 0 radical (unpaired) electrons. The maximum Gasteiger partial charge on any atom is 0.273 e. The molecule has 0 aromatic carbocycles. The minimum absolute atomic E-state index is 0.245. The molecule has 2 N–H and O–H groups in total. The van der Waals surface area contributed by atoms with Crippen LogP contribution in [0.15, 0.2) is 12.3 Å². The molecule has 0 spiro atoms. The molecule has 0 saturated carbocycles. The Hall–Kier alpha value is -2.46. The number of nitrogens with one attached hydrogen (secondary N) is 2. The van der Waals surface area contributed by atoms with E-state index in [1.807, 2.05) is 19.9 Å². The zero-order valence-electron chi connectivity index (χ0n) is 14.4. The molecule has 0 aliphatic heterocycles. The van der Waals surface area contributed by atoms with Gasteiger partial charge in [0.25, 0.3) is 11.8 Å². The van der Waals surface area contributed by atoms with E-state index in [0.717, 1.165) is 39.3 Å². The molecule has 0 unspecified atom stereocenters. The monoisotopic (exact) mass is 390 g/mol. The number of rotatable bonds is 7. The summed E-state index contributed by atoms with van der Waals surface area (Å²) in [4.78, 5) is 26.1. The second-order valence-corrected chi connectivity index (χ2v) is 7.36. The number of nitrogens with zero attached hydrogens (tertiary/aromatic N) is 4.